The average molecular weight is 277 g/mol. The maximum Gasteiger partial charge on any atom is 0.161 e. The molecule has 0 saturated heterocycles. The van der Waals surface area contributed by atoms with Crippen LogP contribution in [0.25, 0.3) is 0 Å². The van der Waals surface area contributed by atoms with E-state index in [2.05, 4.69) is 17.4 Å². The zero-order valence-electron chi connectivity index (χ0n) is 11.8. The van der Waals surface area contributed by atoms with Gasteiger partial charge in [-0.15, -0.1) is 0 Å². The predicted molar refractivity (Wildman–Crippen MR) is 77.1 cm³/mol. The van der Waals surface area contributed by atoms with Crippen LogP contribution in [0.3, 0.4) is 0 Å². The molecule has 1 aromatic carbocycles. The Kier molecular flexibility index (Phi) is 4.43. The summed E-state index contributed by atoms with van der Waals surface area (Å²) in [5.74, 6) is 2.23. The highest BCUT2D eigenvalue weighted by Crippen LogP contribution is 2.31. The second-order valence-corrected chi connectivity index (χ2v) is 5.76. The van der Waals surface area contributed by atoms with Gasteiger partial charge < -0.3 is 19.9 Å². The quantitative estimate of drug-likeness (QED) is 0.885. The lowest BCUT2D eigenvalue weighted by molar-refractivity contribution is 0.171. The number of ether oxygens (including phenoxy) is 2. The largest absolute Gasteiger partial charge is 0.486 e. The molecular formula is C16H23NO3. The van der Waals surface area contributed by atoms with E-state index in [-0.39, 0.29) is 0 Å². The second-order valence-electron chi connectivity index (χ2n) is 5.76. The highest BCUT2D eigenvalue weighted by molar-refractivity contribution is 5.43. The van der Waals surface area contributed by atoms with E-state index in [9.17, 15) is 0 Å². The van der Waals surface area contributed by atoms with Gasteiger partial charge in [0, 0.05) is 19.2 Å². The minimum atomic E-state index is 0.342. The van der Waals surface area contributed by atoms with Crippen molar-refractivity contribution in [1.29, 1.82) is 0 Å². The lowest BCUT2D eigenvalue weighted by Crippen LogP contribution is -2.33. The molecule has 2 aliphatic rings. The van der Waals surface area contributed by atoms with Gasteiger partial charge in [0.1, 0.15) is 13.2 Å². The van der Waals surface area contributed by atoms with Gasteiger partial charge in [-0.1, -0.05) is 6.07 Å². The van der Waals surface area contributed by atoms with Crippen molar-refractivity contribution in [3.05, 3.63) is 23.8 Å². The van der Waals surface area contributed by atoms with Gasteiger partial charge in [-0.3, -0.25) is 0 Å². The van der Waals surface area contributed by atoms with Crippen molar-refractivity contribution in [2.45, 2.75) is 38.3 Å². The molecule has 3 rings (SSSR count). The minimum Gasteiger partial charge on any atom is -0.486 e. The van der Waals surface area contributed by atoms with Gasteiger partial charge in [-0.25, -0.2) is 0 Å². The summed E-state index contributed by atoms with van der Waals surface area (Å²) in [6, 6.07) is 6.74. The van der Waals surface area contributed by atoms with E-state index in [0.29, 0.717) is 31.8 Å². The molecule has 1 heterocycles. The highest BCUT2D eigenvalue weighted by Gasteiger charge is 2.20. The number of aliphatic hydroxyl groups is 1. The fourth-order valence-electron chi connectivity index (χ4n) is 3.01. The van der Waals surface area contributed by atoms with E-state index in [1.165, 1.54) is 5.56 Å². The van der Waals surface area contributed by atoms with Crippen LogP contribution in [0.15, 0.2) is 18.2 Å². The molecule has 0 bridgehead atoms. The number of fused-ring (bicyclic) bond motifs is 1. The lowest BCUT2D eigenvalue weighted by Gasteiger charge is -2.28. The molecule has 0 spiro atoms. The monoisotopic (exact) mass is 277 g/mol. The fourth-order valence-corrected chi connectivity index (χ4v) is 3.01. The van der Waals surface area contributed by atoms with Gasteiger partial charge in [0.05, 0.1) is 0 Å². The molecule has 1 aromatic rings. The lowest BCUT2D eigenvalue weighted by atomic mass is 9.86. The molecule has 1 saturated carbocycles. The van der Waals surface area contributed by atoms with Gasteiger partial charge in [-0.2, -0.15) is 0 Å². The third kappa shape index (κ3) is 3.25. The van der Waals surface area contributed by atoms with Crippen LogP contribution < -0.4 is 14.8 Å². The van der Waals surface area contributed by atoms with Gasteiger partial charge in [0.25, 0.3) is 0 Å². The Bertz CT molecular complexity index is 441. The normalized spacial score (nSPS) is 25.4. The summed E-state index contributed by atoms with van der Waals surface area (Å²) in [5, 5.41) is 12.8. The average Bonchev–Trinajstić information content (AvgIpc) is 2.53. The number of hydrogen-bond acceptors (Lipinski definition) is 4. The van der Waals surface area contributed by atoms with E-state index in [1.54, 1.807) is 0 Å². The summed E-state index contributed by atoms with van der Waals surface area (Å²) in [4.78, 5) is 0. The number of benzene rings is 1. The summed E-state index contributed by atoms with van der Waals surface area (Å²) in [6.45, 7) is 2.48. The van der Waals surface area contributed by atoms with Crippen molar-refractivity contribution in [2.75, 3.05) is 19.8 Å². The van der Waals surface area contributed by atoms with Crippen LogP contribution in [0.2, 0.25) is 0 Å². The smallest absolute Gasteiger partial charge is 0.161 e. The van der Waals surface area contributed by atoms with Crippen LogP contribution in [0, 0.1) is 5.92 Å². The van der Waals surface area contributed by atoms with Gasteiger partial charge >= 0.3 is 0 Å². The summed E-state index contributed by atoms with van der Waals surface area (Å²) in [6.07, 6.45) is 4.59. The Hall–Kier alpha value is -1.26. The minimum absolute atomic E-state index is 0.342. The Balaban J connectivity index is 1.51. The van der Waals surface area contributed by atoms with Gasteiger partial charge in [0.2, 0.25) is 0 Å². The first-order chi connectivity index (χ1) is 9.85. The molecule has 20 heavy (non-hydrogen) atoms. The third-order valence-corrected chi connectivity index (χ3v) is 4.31. The Morgan fingerprint density at radius 1 is 1.05 bits per heavy atom. The number of rotatable bonds is 4. The summed E-state index contributed by atoms with van der Waals surface area (Å²) in [5.41, 5.74) is 1.23. The molecule has 4 heteroatoms. The molecule has 0 unspecified atom stereocenters. The van der Waals surface area contributed by atoms with Crippen molar-refractivity contribution in [3.8, 4) is 11.5 Å². The molecule has 1 aliphatic carbocycles. The molecule has 0 amide bonds. The van der Waals surface area contributed by atoms with E-state index in [4.69, 9.17) is 14.6 Å². The number of hydrogen-bond donors (Lipinski definition) is 2. The maximum absolute atomic E-state index is 9.15. The van der Waals surface area contributed by atoms with Crippen molar-refractivity contribution in [3.63, 3.8) is 0 Å². The van der Waals surface area contributed by atoms with Crippen LogP contribution in [-0.2, 0) is 6.54 Å². The molecule has 110 valence electrons. The van der Waals surface area contributed by atoms with Crippen LogP contribution in [0.5, 0.6) is 11.5 Å². The van der Waals surface area contributed by atoms with Crippen molar-refractivity contribution in [2.24, 2.45) is 5.92 Å². The van der Waals surface area contributed by atoms with Crippen LogP contribution in [-0.4, -0.2) is 31.0 Å². The SMILES string of the molecule is OC[C@H]1CC[C@H](NCc2ccc3c(c2)OCCO3)CC1. The first-order valence-electron chi connectivity index (χ1n) is 7.58. The van der Waals surface area contributed by atoms with Crippen LogP contribution in [0.4, 0.5) is 0 Å². The molecule has 1 aliphatic heterocycles. The Morgan fingerprint density at radius 2 is 1.80 bits per heavy atom. The van der Waals surface area contributed by atoms with E-state index >= 15 is 0 Å². The Morgan fingerprint density at radius 3 is 2.55 bits per heavy atom. The molecular weight excluding hydrogens is 254 g/mol. The van der Waals surface area contributed by atoms with Crippen molar-refractivity contribution in [1.82, 2.24) is 5.32 Å². The molecule has 1 fully saturated rings. The predicted octanol–water partition coefficient (Wildman–Crippen LogP) is 2.10. The number of aliphatic hydroxyl groups excluding tert-OH is 1. The van der Waals surface area contributed by atoms with Gasteiger partial charge in [0.15, 0.2) is 11.5 Å². The first-order valence-corrected chi connectivity index (χ1v) is 7.58. The zero-order valence-corrected chi connectivity index (χ0v) is 11.8. The molecule has 4 nitrogen and oxygen atoms in total. The summed E-state index contributed by atoms with van der Waals surface area (Å²) >= 11 is 0. The summed E-state index contributed by atoms with van der Waals surface area (Å²) < 4.78 is 11.1. The fraction of sp³-hybridized carbons (Fsp3) is 0.625. The van der Waals surface area contributed by atoms with Gasteiger partial charge in [-0.05, 0) is 49.3 Å². The molecule has 2 N–H and O–H groups in total. The van der Waals surface area contributed by atoms with Crippen molar-refractivity contribution >= 4 is 0 Å². The number of nitrogens with one attached hydrogen (secondary N) is 1. The topological polar surface area (TPSA) is 50.7 Å². The summed E-state index contributed by atoms with van der Waals surface area (Å²) in [7, 11) is 0. The van der Waals surface area contributed by atoms with E-state index in [0.717, 1.165) is 43.7 Å². The maximum atomic E-state index is 9.15. The van der Waals surface area contributed by atoms with E-state index < -0.39 is 0 Å². The molecule has 0 atom stereocenters. The highest BCUT2D eigenvalue weighted by atomic mass is 16.6. The van der Waals surface area contributed by atoms with E-state index in [1.807, 2.05) is 6.07 Å². The zero-order chi connectivity index (χ0) is 13.8. The standard InChI is InChI=1S/C16H23NO3/c18-11-12-1-4-14(5-2-12)17-10-13-3-6-15-16(9-13)20-8-7-19-15/h3,6,9,12,14,17-18H,1-2,4-5,7-8,10-11H2/t12-,14-. The Labute approximate surface area is 120 Å². The second kappa shape index (κ2) is 6.46. The molecule has 0 aromatic heterocycles. The first kappa shape index (κ1) is 13.7. The van der Waals surface area contributed by atoms with Crippen LogP contribution in [0.1, 0.15) is 31.2 Å². The van der Waals surface area contributed by atoms with Crippen molar-refractivity contribution < 1.29 is 14.6 Å². The molecule has 0 radical (unpaired) electrons. The third-order valence-electron chi connectivity index (χ3n) is 4.31. The van der Waals surface area contributed by atoms with Crippen LogP contribution >= 0.6 is 0 Å².